The average molecular weight is 351 g/mol. The lowest BCUT2D eigenvalue weighted by molar-refractivity contribution is 0.0476. The first kappa shape index (κ1) is 16.9. The van der Waals surface area contributed by atoms with E-state index in [1.165, 1.54) is 22.8 Å². The van der Waals surface area contributed by atoms with E-state index in [2.05, 4.69) is 10.3 Å². The van der Waals surface area contributed by atoms with E-state index >= 15 is 0 Å². The molecule has 0 spiro atoms. The van der Waals surface area contributed by atoms with Gasteiger partial charge in [0.05, 0.1) is 12.8 Å². The van der Waals surface area contributed by atoms with Gasteiger partial charge in [0.2, 0.25) is 10.0 Å². The third-order valence-corrected chi connectivity index (χ3v) is 5.99. The Kier molecular flexibility index (Phi) is 4.62. The molecule has 7 nitrogen and oxygen atoms in total. The summed E-state index contributed by atoms with van der Waals surface area (Å²) in [5.41, 5.74) is -1.19. The topological polar surface area (TPSA) is 95.7 Å². The van der Waals surface area contributed by atoms with E-state index in [9.17, 15) is 13.5 Å². The van der Waals surface area contributed by atoms with E-state index in [-0.39, 0.29) is 11.4 Å². The normalized spacial score (nSPS) is 18.4. The summed E-state index contributed by atoms with van der Waals surface area (Å²) in [7, 11) is -3.46. The monoisotopic (exact) mass is 351 g/mol. The molecule has 0 saturated carbocycles. The molecular formula is C16H21N3O4S. The highest BCUT2D eigenvalue weighted by atomic mass is 32.2. The van der Waals surface area contributed by atoms with Crippen molar-refractivity contribution in [2.45, 2.75) is 30.3 Å². The lowest BCUT2D eigenvalue weighted by atomic mass is 10.0. The highest BCUT2D eigenvalue weighted by Crippen LogP contribution is 2.23. The molecule has 24 heavy (non-hydrogen) atoms. The molecule has 0 aromatic carbocycles. The molecular weight excluding hydrogens is 330 g/mol. The summed E-state index contributed by atoms with van der Waals surface area (Å²) in [5.74, 6) is 0.936. The molecule has 130 valence electrons. The van der Waals surface area contributed by atoms with Crippen LogP contribution in [-0.2, 0) is 15.6 Å². The van der Waals surface area contributed by atoms with Gasteiger partial charge in [-0.2, -0.15) is 4.31 Å². The molecule has 1 atom stereocenters. The molecule has 0 radical (unpaired) electrons. The number of aliphatic hydroxyl groups is 1. The van der Waals surface area contributed by atoms with Crippen molar-refractivity contribution < 1.29 is 17.9 Å². The number of hydrogen-bond acceptors (Lipinski definition) is 6. The Morgan fingerprint density at radius 3 is 2.67 bits per heavy atom. The van der Waals surface area contributed by atoms with Crippen LogP contribution in [0.25, 0.3) is 0 Å². The zero-order chi connectivity index (χ0) is 17.2. The second-order valence-corrected chi connectivity index (χ2v) is 8.03. The summed E-state index contributed by atoms with van der Waals surface area (Å²) in [6, 6.07) is 6.53. The highest BCUT2D eigenvalue weighted by molar-refractivity contribution is 7.89. The molecule has 0 aliphatic carbocycles. The quantitative estimate of drug-likeness (QED) is 0.824. The second-order valence-electron chi connectivity index (χ2n) is 6.10. The molecule has 2 aromatic rings. The van der Waals surface area contributed by atoms with Gasteiger partial charge in [0.15, 0.2) is 0 Å². The van der Waals surface area contributed by atoms with Crippen molar-refractivity contribution in [3.8, 4) is 0 Å². The Morgan fingerprint density at radius 2 is 2.08 bits per heavy atom. The largest absolute Gasteiger partial charge is 0.466 e. The number of nitrogens with zero attached hydrogens (tertiary/aromatic N) is 2. The van der Waals surface area contributed by atoms with E-state index < -0.39 is 15.6 Å². The third-order valence-electron chi connectivity index (χ3n) is 4.10. The van der Waals surface area contributed by atoms with E-state index in [4.69, 9.17) is 4.42 Å². The van der Waals surface area contributed by atoms with Crippen molar-refractivity contribution in [1.29, 1.82) is 0 Å². The summed E-state index contributed by atoms with van der Waals surface area (Å²) < 4.78 is 31.6. The van der Waals surface area contributed by atoms with Crippen LogP contribution in [0.4, 0.5) is 5.82 Å². The van der Waals surface area contributed by atoms with Crippen LogP contribution in [0.15, 0.2) is 46.0 Å². The molecule has 0 bridgehead atoms. The first-order valence-electron chi connectivity index (χ1n) is 7.86. The van der Waals surface area contributed by atoms with Crippen LogP contribution in [0.3, 0.4) is 0 Å². The van der Waals surface area contributed by atoms with Crippen molar-refractivity contribution in [2.75, 3.05) is 25.0 Å². The van der Waals surface area contributed by atoms with Crippen molar-refractivity contribution in [1.82, 2.24) is 9.29 Å². The van der Waals surface area contributed by atoms with Gasteiger partial charge < -0.3 is 14.8 Å². The predicted octanol–water partition coefficient (Wildman–Crippen LogP) is 1.78. The van der Waals surface area contributed by atoms with Crippen LogP contribution >= 0.6 is 0 Å². The third kappa shape index (κ3) is 3.45. The van der Waals surface area contributed by atoms with Crippen molar-refractivity contribution in [3.63, 3.8) is 0 Å². The molecule has 2 aromatic heterocycles. The zero-order valence-corrected chi connectivity index (χ0v) is 14.3. The fraction of sp³-hybridized carbons (Fsp3) is 0.438. The summed E-state index contributed by atoms with van der Waals surface area (Å²) in [5, 5.41) is 13.4. The van der Waals surface area contributed by atoms with Gasteiger partial charge in [-0.05, 0) is 44.0 Å². The predicted molar refractivity (Wildman–Crippen MR) is 89.0 cm³/mol. The van der Waals surface area contributed by atoms with Crippen LogP contribution < -0.4 is 5.32 Å². The van der Waals surface area contributed by atoms with Gasteiger partial charge in [-0.15, -0.1) is 0 Å². The lowest BCUT2D eigenvalue weighted by Gasteiger charge is -2.21. The number of sulfonamides is 1. The van der Waals surface area contributed by atoms with Crippen LogP contribution in [0, 0.1) is 0 Å². The molecule has 3 heterocycles. The van der Waals surface area contributed by atoms with Gasteiger partial charge in [0, 0.05) is 19.3 Å². The Balaban J connectivity index is 1.67. The van der Waals surface area contributed by atoms with Crippen LogP contribution in [0.1, 0.15) is 25.5 Å². The number of pyridine rings is 1. The molecule has 8 heteroatoms. The Morgan fingerprint density at radius 1 is 1.33 bits per heavy atom. The fourth-order valence-electron chi connectivity index (χ4n) is 2.65. The summed E-state index contributed by atoms with van der Waals surface area (Å²) >= 11 is 0. The van der Waals surface area contributed by atoms with Crippen LogP contribution in [0.2, 0.25) is 0 Å². The summed E-state index contributed by atoms with van der Waals surface area (Å²) in [4.78, 5) is 4.33. The van der Waals surface area contributed by atoms with Crippen molar-refractivity contribution in [3.05, 3.63) is 42.5 Å². The number of furan rings is 1. The van der Waals surface area contributed by atoms with Crippen LogP contribution in [-0.4, -0.2) is 42.4 Å². The zero-order valence-electron chi connectivity index (χ0n) is 13.5. The smallest absolute Gasteiger partial charge is 0.244 e. The highest BCUT2D eigenvalue weighted by Gasteiger charge is 2.28. The number of aromatic nitrogens is 1. The Bertz CT molecular complexity index is 764. The molecule has 1 aliphatic rings. The van der Waals surface area contributed by atoms with Gasteiger partial charge in [0.25, 0.3) is 0 Å². The van der Waals surface area contributed by atoms with E-state index in [0.717, 1.165) is 12.8 Å². The number of nitrogens with one attached hydrogen (secondary N) is 1. The lowest BCUT2D eigenvalue weighted by Crippen LogP contribution is -2.30. The first-order chi connectivity index (χ1) is 11.4. The van der Waals surface area contributed by atoms with Gasteiger partial charge >= 0.3 is 0 Å². The fourth-order valence-corrected chi connectivity index (χ4v) is 4.11. The SMILES string of the molecule is CC(O)(CNc1ccc(S(=O)(=O)N2CCCC2)cn1)c1ccco1. The minimum absolute atomic E-state index is 0.186. The van der Waals surface area contributed by atoms with Crippen molar-refractivity contribution >= 4 is 15.8 Å². The molecule has 3 rings (SSSR count). The maximum absolute atomic E-state index is 12.4. The molecule has 1 fully saturated rings. The number of rotatable bonds is 6. The summed E-state index contributed by atoms with van der Waals surface area (Å²) in [6.45, 7) is 2.94. The average Bonchev–Trinajstić information content (AvgIpc) is 3.26. The minimum atomic E-state index is -3.46. The Labute approximate surface area is 141 Å². The maximum atomic E-state index is 12.4. The number of anilines is 1. The van der Waals surface area contributed by atoms with Gasteiger partial charge in [-0.3, -0.25) is 0 Å². The number of hydrogen-bond donors (Lipinski definition) is 2. The molecule has 1 unspecified atom stereocenters. The van der Waals surface area contributed by atoms with E-state index in [1.807, 2.05) is 0 Å². The van der Waals surface area contributed by atoms with E-state index in [0.29, 0.717) is 24.7 Å². The minimum Gasteiger partial charge on any atom is -0.466 e. The van der Waals surface area contributed by atoms with Gasteiger partial charge in [-0.25, -0.2) is 13.4 Å². The van der Waals surface area contributed by atoms with E-state index in [1.54, 1.807) is 25.1 Å². The standard InChI is InChI=1S/C16H21N3O4S/c1-16(20,14-5-4-10-23-14)12-18-15-7-6-13(11-17-15)24(21,22)19-8-2-3-9-19/h4-7,10-11,20H,2-3,8-9,12H2,1H3,(H,17,18). The first-order valence-corrected chi connectivity index (χ1v) is 9.30. The van der Waals surface area contributed by atoms with Gasteiger partial charge in [-0.1, -0.05) is 0 Å². The molecule has 1 aliphatic heterocycles. The van der Waals surface area contributed by atoms with Crippen LogP contribution in [0.5, 0.6) is 0 Å². The molecule has 1 saturated heterocycles. The molecule has 2 N–H and O–H groups in total. The Hall–Kier alpha value is -1.90. The summed E-state index contributed by atoms with van der Waals surface area (Å²) in [6.07, 6.45) is 4.64. The van der Waals surface area contributed by atoms with Gasteiger partial charge in [0.1, 0.15) is 22.1 Å². The second kappa shape index (κ2) is 6.54. The maximum Gasteiger partial charge on any atom is 0.244 e. The van der Waals surface area contributed by atoms with Crippen molar-refractivity contribution in [2.24, 2.45) is 0 Å². The molecule has 0 amide bonds.